The Morgan fingerprint density at radius 1 is 1.00 bits per heavy atom. The van der Waals surface area contributed by atoms with Gasteiger partial charge in [0.15, 0.2) is 6.61 Å². The lowest BCUT2D eigenvalue weighted by Gasteiger charge is -2.10. The molecule has 0 heterocycles. The number of methoxy groups -OCH3 is 1. The van der Waals surface area contributed by atoms with E-state index < -0.39 is 24.5 Å². The Bertz CT molecular complexity index is 754. The SMILES string of the molecule is COC(=O)c1ccccc1NC(=O)COC(=O)c1ccc(O)cc1. The number of carbonyl (C=O) groups excluding carboxylic acids is 3. The minimum absolute atomic E-state index is 0.0173. The number of benzene rings is 2. The van der Waals surface area contributed by atoms with Gasteiger partial charge in [0.25, 0.3) is 5.91 Å². The number of aromatic hydroxyl groups is 1. The summed E-state index contributed by atoms with van der Waals surface area (Å²) in [5, 5.41) is 11.6. The number of rotatable bonds is 5. The summed E-state index contributed by atoms with van der Waals surface area (Å²) in [5.41, 5.74) is 0.656. The Kier molecular flexibility index (Phi) is 5.51. The van der Waals surface area contributed by atoms with Crippen LogP contribution in [0.5, 0.6) is 5.75 Å². The van der Waals surface area contributed by atoms with E-state index >= 15 is 0 Å². The Hall–Kier alpha value is -3.35. The summed E-state index contributed by atoms with van der Waals surface area (Å²) in [6, 6.07) is 11.7. The van der Waals surface area contributed by atoms with E-state index in [0.717, 1.165) is 0 Å². The molecule has 0 aliphatic rings. The monoisotopic (exact) mass is 329 g/mol. The molecule has 2 rings (SSSR count). The molecule has 0 atom stereocenters. The third-order valence-corrected chi connectivity index (χ3v) is 3.04. The predicted molar refractivity (Wildman–Crippen MR) is 84.8 cm³/mol. The number of carbonyl (C=O) groups is 3. The number of esters is 2. The number of anilines is 1. The van der Waals surface area contributed by atoms with Gasteiger partial charge in [-0.2, -0.15) is 0 Å². The fourth-order valence-electron chi connectivity index (χ4n) is 1.88. The van der Waals surface area contributed by atoms with Crippen molar-refractivity contribution in [2.24, 2.45) is 0 Å². The molecule has 0 unspecified atom stereocenters. The highest BCUT2D eigenvalue weighted by molar-refractivity contribution is 6.02. The molecule has 0 radical (unpaired) electrons. The topological polar surface area (TPSA) is 102 Å². The Morgan fingerprint density at radius 3 is 2.33 bits per heavy atom. The third kappa shape index (κ3) is 4.33. The number of phenols is 1. The predicted octanol–water partition coefficient (Wildman–Crippen LogP) is 1.97. The minimum atomic E-state index is -0.702. The van der Waals surface area contributed by atoms with Gasteiger partial charge in [-0.15, -0.1) is 0 Å². The van der Waals surface area contributed by atoms with Gasteiger partial charge in [-0.05, 0) is 36.4 Å². The van der Waals surface area contributed by atoms with E-state index in [0.29, 0.717) is 0 Å². The van der Waals surface area contributed by atoms with Crippen LogP contribution in [0.25, 0.3) is 0 Å². The van der Waals surface area contributed by atoms with Crippen molar-refractivity contribution in [3.05, 3.63) is 59.7 Å². The number of hydrogen-bond acceptors (Lipinski definition) is 6. The second-order valence-corrected chi connectivity index (χ2v) is 4.71. The smallest absolute Gasteiger partial charge is 0.339 e. The number of para-hydroxylation sites is 1. The molecule has 2 N–H and O–H groups in total. The van der Waals surface area contributed by atoms with Gasteiger partial charge in [0, 0.05) is 0 Å². The van der Waals surface area contributed by atoms with Gasteiger partial charge in [0.1, 0.15) is 5.75 Å². The molecule has 7 nitrogen and oxygen atoms in total. The molecule has 0 bridgehead atoms. The molecular formula is C17H15NO6. The molecule has 0 aromatic heterocycles. The van der Waals surface area contributed by atoms with Crippen LogP contribution < -0.4 is 5.32 Å². The highest BCUT2D eigenvalue weighted by Gasteiger charge is 2.15. The molecule has 1 amide bonds. The molecular weight excluding hydrogens is 314 g/mol. The van der Waals surface area contributed by atoms with E-state index in [1.54, 1.807) is 12.1 Å². The minimum Gasteiger partial charge on any atom is -0.508 e. The highest BCUT2D eigenvalue weighted by atomic mass is 16.5. The maximum Gasteiger partial charge on any atom is 0.339 e. The molecule has 0 saturated heterocycles. The molecule has 0 saturated carbocycles. The van der Waals surface area contributed by atoms with Gasteiger partial charge in [-0.1, -0.05) is 12.1 Å². The quantitative estimate of drug-likeness (QED) is 0.813. The van der Waals surface area contributed by atoms with Gasteiger partial charge in [0.05, 0.1) is 23.9 Å². The number of ether oxygens (including phenoxy) is 2. The first-order valence-corrected chi connectivity index (χ1v) is 6.94. The second kappa shape index (κ2) is 7.77. The van der Waals surface area contributed by atoms with Crippen LogP contribution in [0.3, 0.4) is 0 Å². The summed E-state index contributed by atoms with van der Waals surface area (Å²) in [6.45, 7) is -0.519. The summed E-state index contributed by atoms with van der Waals surface area (Å²) >= 11 is 0. The molecule has 2 aromatic carbocycles. The lowest BCUT2D eigenvalue weighted by atomic mass is 10.2. The van der Waals surface area contributed by atoms with Crippen molar-refractivity contribution >= 4 is 23.5 Å². The fraction of sp³-hybridized carbons (Fsp3) is 0.118. The van der Waals surface area contributed by atoms with Crippen molar-refractivity contribution in [1.82, 2.24) is 0 Å². The molecule has 0 spiro atoms. The van der Waals surface area contributed by atoms with Crippen LogP contribution in [-0.2, 0) is 14.3 Å². The van der Waals surface area contributed by atoms with E-state index in [4.69, 9.17) is 9.84 Å². The molecule has 7 heteroatoms. The zero-order valence-electron chi connectivity index (χ0n) is 12.8. The number of phenolic OH excluding ortho intramolecular Hbond substituents is 1. The third-order valence-electron chi connectivity index (χ3n) is 3.04. The van der Waals surface area contributed by atoms with Gasteiger partial charge >= 0.3 is 11.9 Å². The molecule has 0 aliphatic heterocycles. The Balaban J connectivity index is 1.95. The first-order valence-electron chi connectivity index (χ1n) is 6.94. The van der Waals surface area contributed by atoms with Crippen LogP contribution in [0.15, 0.2) is 48.5 Å². The van der Waals surface area contributed by atoms with Gasteiger partial charge in [0.2, 0.25) is 0 Å². The van der Waals surface area contributed by atoms with Gasteiger partial charge in [-0.25, -0.2) is 9.59 Å². The number of hydrogen-bond donors (Lipinski definition) is 2. The fourth-order valence-corrected chi connectivity index (χ4v) is 1.88. The summed E-state index contributed by atoms with van der Waals surface area (Å²) in [4.78, 5) is 35.3. The van der Waals surface area contributed by atoms with E-state index in [2.05, 4.69) is 10.1 Å². The molecule has 24 heavy (non-hydrogen) atoms. The van der Waals surface area contributed by atoms with Crippen molar-refractivity contribution in [2.75, 3.05) is 19.0 Å². The van der Waals surface area contributed by atoms with Crippen LogP contribution in [0.4, 0.5) is 5.69 Å². The van der Waals surface area contributed by atoms with Crippen molar-refractivity contribution in [3.63, 3.8) is 0 Å². The average Bonchev–Trinajstić information content (AvgIpc) is 2.60. The zero-order valence-corrected chi connectivity index (χ0v) is 12.8. The Morgan fingerprint density at radius 2 is 1.67 bits per heavy atom. The number of nitrogens with one attached hydrogen (secondary N) is 1. The largest absolute Gasteiger partial charge is 0.508 e. The highest BCUT2D eigenvalue weighted by Crippen LogP contribution is 2.16. The molecule has 124 valence electrons. The number of amides is 1. The summed E-state index contributed by atoms with van der Waals surface area (Å²) in [5.74, 6) is -1.87. The summed E-state index contributed by atoms with van der Waals surface area (Å²) < 4.78 is 9.51. The standard InChI is InChI=1S/C17H15NO6/c1-23-17(22)13-4-2-3-5-14(13)18-15(20)10-24-16(21)11-6-8-12(19)9-7-11/h2-9,19H,10H2,1H3,(H,18,20). The first-order chi connectivity index (χ1) is 11.5. The average molecular weight is 329 g/mol. The lowest BCUT2D eigenvalue weighted by Crippen LogP contribution is -2.22. The van der Waals surface area contributed by atoms with Crippen LogP contribution in [0, 0.1) is 0 Å². The molecule has 0 fully saturated rings. The van der Waals surface area contributed by atoms with Crippen LogP contribution >= 0.6 is 0 Å². The van der Waals surface area contributed by atoms with E-state index in [1.807, 2.05) is 0 Å². The van der Waals surface area contributed by atoms with Crippen molar-refractivity contribution in [2.45, 2.75) is 0 Å². The van der Waals surface area contributed by atoms with Crippen molar-refractivity contribution < 1.29 is 29.0 Å². The first kappa shape index (κ1) is 17.0. The van der Waals surface area contributed by atoms with Gasteiger partial charge < -0.3 is 19.9 Å². The Labute approximate surface area is 137 Å². The molecule has 0 aliphatic carbocycles. The maximum atomic E-state index is 11.9. The van der Waals surface area contributed by atoms with Gasteiger partial charge in [-0.3, -0.25) is 4.79 Å². The van der Waals surface area contributed by atoms with Crippen LogP contribution in [0.1, 0.15) is 20.7 Å². The van der Waals surface area contributed by atoms with Crippen LogP contribution in [-0.4, -0.2) is 36.7 Å². The van der Waals surface area contributed by atoms with E-state index in [9.17, 15) is 14.4 Å². The van der Waals surface area contributed by atoms with E-state index in [1.165, 1.54) is 43.5 Å². The molecule has 2 aromatic rings. The van der Waals surface area contributed by atoms with Crippen molar-refractivity contribution in [1.29, 1.82) is 0 Å². The van der Waals surface area contributed by atoms with Crippen molar-refractivity contribution in [3.8, 4) is 5.75 Å². The summed E-state index contributed by atoms with van der Waals surface area (Å²) in [7, 11) is 1.24. The summed E-state index contributed by atoms with van der Waals surface area (Å²) in [6.07, 6.45) is 0. The van der Waals surface area contributed by atoms with Crippen LogP contribution in [0.2, 0.25) is 0 Å². The van der Waals surface area contributed by atoms with E-state index in [-0.39, 0.29) is 22.6 Å². The zero-order chi connectivity index (χ0) is 17.5. The maximum absolute atomic E-state index is 11.9. The normalized spacial score (nSPS) is 9.88. The lowest BCUT2D eigenvalue weighted by molar-refractivity contribution is -0.119. The second-order valence-electron chi connectivity index (χ2n) is 4.71.